The summed E-state index contributed by atoms with van der Waals surface area (Å²) in [5.74, 6) is 0.628. The van der Waals surface area contributed by atoms with E-state index in [1.165, 1.54) is 0 Å². The van der Waals surface area contributed by atoms with Crippen molar-refractivity contribution in [2.45, 2.75) is 13.3 Å². The number of aryl methyl sites for hydroxylation is 1. The van der Waals surface area contributed by atoms with E-state index in [2.05, 4.69) is 4.98 Å². The normalized spacial score (nSPS) is 11.1. The summed E-state index contributed by atoms with van der Waals surface area (Å²) in [5, 5.41) is 0.645. The lowest BCUT2D eigenvalue weighted by Gasteiger charge is -1.98. The molecule has 5 heteroatoms. The molecule has 74 valence electrons. The number of rotatable bonds is 1. The molecule has 2 rings (SSSR count). The number of nitrogens with two attached hydrogens (primary N) is 1. The number of halogens is 2. The first-order chi connectivity index (χ1) is 6.63. The molecule has 0 atom stereocenters. The van der Waals surface area contributed by atoms with E-state index in [1.54, 1.807) is 6.07 Å². The van der Waals surface area contributed by atoms with Crippen LogP contribution in [0.1, 0.15) is 12.8 Å². The monoisotopic (exact) mass is 230 g/mol. The number of fused-ring (bicyclic) bond motifs is 1. The first kappa shape index (κ1) is 9.62. The molecule has 0 fully saturated rings. The summed E-state index contributed by atoms with van der Waals surface area (Å²) < 4.78 is 5.40. The fraction of sp³-hybridized carbons (Fsp3) is 0.222. The van der Waals surface area contributed by atoms with Gasteiger partial charge in [-0.2, -0.15) is 0 Å². The minimum absolute atomic E-state index is 0.318. The Morgan fingerprint density at radius 1 is 1.43 bits per heavy atom. The van der Waals surface area contributed by atoms with Gasteiger partial charge in [0.1, 0.15) is 10.5 Å². The Bertz CT molecular complexity index is 493. The highest BCUT2D eigenvalue weighted by molar-refractivity contribution is 6.46. The lowest BCUT2D eigenvalue weighted by atomic mass is 10.3. The number of benzene rings is 1. The summed E-state index contributed by atoms with van der Waals surface area (Å²) in [4.78, 5) is 4.20. The molecule has 0 saturated heterocycles. The predicted octanol–water partition coefficient (Wildman–Crippen LogP) is 3.28. The molecule has 0 amide bonds. The van der Waals surface area contributed by atoms with Crippen molar-refractivity contribution >= 4 is 40.0 Å². The molecule has 2 aromatic rings. The van der Waals surface area contributed by atoms with Gasteiger partial charge in [0.2, 0.25) is 0 Å². The summed E-state index contributed by atoms with van der Waals surface area (Å²) in [6.45, 7) is 1.95. The molecule has 0 aliphatic heterocycles. The van der Waals surface area contributed by atoms with Gasteiger partial charge in [-0.25, -0.2) is 4.98 Å². The molecular formula is C9H8Cl2N2O. The lowest BCUT2D eigenvalue weighted by molar-refractivity contribution is 0.538. The minimum Gasteiger partial charge on any atom is -0.439 e. The fourth-order valence-corrected chi connectivity index (χ4v) is 1.61. The highest BCUT2D eigenvalue weighted by Crippen LogP contribution is 2.35. The number of hydrogen-bond acceptors (Lipinski definition) is 3. The zero-order chi connectivity index (χ0) is 10.3. The maximum atomic E-state index is 5.96. The van der Waals surface area contributed by atoms with Crippen LogP contribution in [0.15, 0.2) is 10.5 Å². The maximum absolute atomic E-state index is 5.96. The molecule has 14 heavy (non-hydrogen) atoms. The van der Waals surface area contributed by atoms with Crippen LogP contribution >= 0.6 is 23.2 Å². The maximum Gasteiger partial charge on any atom is 0.195 e. The number of nitrogens with zero attached hydrogens (tertiary/aromatic N) is 1. The molecule has 1 heterocycles. The van der Waals surface area contributed by atoms with Crippen molar-refractivity contribution in [3.05, 3.63) is 22.0 Å². The lowest BCUT2D eigenvalue weighted by Crippen LogP contribution is -1.86. The topological polar surface area (TPSA) is 52.0 Å². The number of hydrogen-bond donors (Lipinski definition) is 1. The zero-order valence-electron chi connectivity index (χ0n) is 7.47. The predicted molar refractivity (Wildman–Crippen MR) is 57.8 cm³/mol. The molecule has 3 nitrogen and oxygen atoms in total. The Hall–Kier alpha value is -0.930. The van der Waals surface area contributed by atoms with Crippen LogP contribution in [0.4, 0.5) is 5.69 Å². The zero-order valence-corrected chi connectivity index (χ0v) is 8.99. The van der Waals surface area contributed by atoms with Crippen LogP contribution in [0.5, 0.6) is 0 Å². The fourth-order valence-electron chi connectivity index (χ4n) is 1.22. The van der Waals surface area contributed by atoms with Crippen molar-refractivity contribution < 1.29 is 4.42 Å². The van der Waals surface area contributed by atoms with Gasteiger partial charge >= 0.3 is 0 Å². The van der Waals surface area contributed by atoms with E-state index >= 15 is 0 Å². The first-order valence-electron chi connectivity index (χ1n) is 4.16. The molecule has 0 aliphatic carbocycles. The molecular weight excluding hydrogens is 223 g/mol. The average Bonchev–Trinajstić information content (AvgIpc) is 2.57. The average molecular weight is 231 g/mol. The first-order valence-corrected chi connectivity index (χ1v) is 4.92. The molecule has 0 saturated carbocycles. The van der Waals surface area contributed by atoms with Gasteiger partial charge in [0.15, 0.2) is 11.5 Å². The third-order valence-electron chi connectivity index (χ3n) is 1.94. The third-order valence-corrected chi connectivity index (χ3v) is 2.80. The van der Waals surface area contributed by atoms with Gasteiger partial charge < -0.3 is 10.2 Å². The van der Waals surface area contributed by atoms with Crippen molar-refractivity contribution in [1.82, 2.24) is 4.98 Å². The van der Waals surface area contributed by atoms with Gasteiger partial charge in [-0.3, -0.25) is 0 Å². The van der Waals surface area contributed by atoms with E-state index in [1.807, 2.05) is 6.92 Å². The van der Waals surface area contributed by atoms with E-state index in [9.17, 15) is 0 Å². The minimum atomic E-state index is 0.318. The van der Waals surface area contributed by atoms with Gasteiger partial charge in [0, 0.05) is 6.42 Å². The van der Waals surface area contributed by atoms with E-state index in [-0.39, 0.29) is 0 Å². The van der Waals surface area contributed by atoms with Crippen LogP contribution in [0.3, 0.4) is 0 Å². The van der Waals surface area contributed by atoms with Gasteiger partial charge in [-0.15, -0.1) is 0 Å². The smallest absolute Gasteiger partial charge is 0.195 e. The van der Waals surface area contributed by atoms with Crippen molar-refractivity contribution in [1.29, 1.82) is 0 Å². The Balaban J connectivity index is 2.81. The summed E-state index contributed by atoms with van der Waals surface area (Å²) in [6.07, 6.45) is 0.711. The molecule has 2 N–H and O–H groups in total. The van der Waals surface area contributed by atoms with Crippen LogP contribution in [-0.4, -0.2) is 4.98 Å². The summed E-state index contributed by atoms with van der Waals surface area (Å²) >= 11 is 11.8. The SMILES string of the molecule is CCc1nc2cc(N)c(Cl)c(Cl)c2o1. The van der Waals surface area contributed by atoms with Crippen molar-refractivity contribution in [3.63, 3.8) is 0 Å². The van der Waals surface area contributed by atoms with Gasteiger partial charge in [0.05, 0.1) is 10.7 Å². The van der Waals surface area contributed by atoms with Gasteiger partial charge in [-0.05, 0) is 6.07 Å². The Morgan fingerprint density at radius 3 is 2.79 bits per heavy atom. The quantitative estimate of drug-likeness (QED) is 0.766. The molecule has 1 aromatic carbocycles. The molecule has 1 aromatic heterocycles. The standard InChI is InChI=1S/C9H8Cl2N2O/c1-2-6-13-5-3-4(12)7(10)8(11)9(5)14-6/h3H,2,12H2,1H3. The van der Waals surface area contributed by atoms with Crippen molar-refractivity contribution in [3.8, 4) is 0 Å². The largest absolute Gasteiger partial charge is 0.439 e. The van der Waals surface area contributed by atoms with Crippen LogP contribution in [0, 0.1) is 0 Å². The molecule has 0 bridgehead atoms. The van der Waals surface area contributed by atoms with Crippen LogP contribution in [0.2, 0.25) is 10.0 Å². The van der Waals surface area contributed by atoms with E-state index in [0.29, 0.717) is 39.1 Å². The summed E-state index contributed by atoms with van der Waals surface area (Å²) in [7, 11) is 0. The second-order valence-corrected chi connectivity index (χ2v) is 3.66. The van der Waals surface area contributed by atoms with Gasteiger partial charge in [-0.1, -0.05) is 30.1 Å². The van der Waals surface area contributed by atoms with E-state index in [4.69, 9.17) is 33.4 Å². The Kier molecular flexibility index (Phi) is 2.29. The Labute approximate surface area is 90.8 Å². The van der Waals surface area contributed by atoms with Crippen molar-refractivity contribution in [2.24, 2.45) is 0 Å². The van der Waals surface area contributed by atoms with Gasteiger partial charge in [0.25, 0.3) is 0 Å². The number of aromatic nitrogens is 1. The third kappa shape index (κ3) is 1.33. The van der Waals surface area contributed by atoms with Crippen LogP contribution in [0.25, 0.3) is 11.1 Å². The second kappa shape index (κ2) is 3.33. The van der Waals surface area contributed by atoms with Crippen LogP contribution in [-0.2, 0) is 6.42 Å². The molecule has 0 unspecified atom stereocenters. The number of nitrogen functional groups attached to an aromatic ring is 1. The van der Waals surface area contributed by atoms with Crippen LogP contribution < -0.4 is 5.73 Å². The molecule has 0 spiro atoms. The molecule has 0 radical (unpaired) electrons. The highest BCUT2D eigenvalue weighted by atomic mass is 35.5. The van der Waals surface area contributed by atoms with E-state index in [0.717, 1.165) is 0 Å². The molecule has 0 aliphatic rings. The highest BCUT2D eigenvalue weighted by Gasteiger charge is 2.13. The summed E-state index contributed by atoms with van der Waals surface area (Å²) in [6, 6.07) is 1.66. The summed E-state index contributed by atoms with van der Waals surface area (Å²) in [5.41, 5.74) is 7.21. The Morgan fingerprint density at radius 2 is 2.14 bits per heavy atom. The second-order valence-electron chi connectivity index (χ2n) is 2.90. The van der Waals surface area contributed by atoms with E-state index < -0.39 is 0 Å². The number of oxazole rings is 1. The number of anilines is 1. The van der Waals surface area contributed by atoms with Crippen molar-refractivity contribution in [2.75, 3.05) is 5.73 Å².